The van der Waals surface area contributed by atoms with Crippen molar-refractivity contribution in [3.8, 4) is 0 Å². The average Bonchev–Trinajstić information content (AvgIpc) is 2.00. The molecule has 3 nitrogen and oxygen atoms in total. The van der Waals surface area contributed by atoms with E-state index in [4.69, 9.17) is 0 Å². The molecule has 0 unspecified atom stereocenters. The summed E-state index contributed by atoms with van der Waals surface area (Å²) in [6.07, 6.45) is 1.12. The maximum atomic E-state index is 10.8. The molecule has 0 atom stereocenters. The summed E-state index contributed by atoms with van der Waals surface area (Å²) < 4.78 is 4.55. The first-order chi connectivity index (χ1) is 5.56. The Morgan fingerprint density at radius 1 is 1.50 bits per heavy atom. The number of carbonyl (C=O) groups excluding carboxylic acids is 1. The lowest BCUT2D eigenvalue weighted by Gasteiger charge is -2.15. The first kappa shape index (κ1) is 11.4. The zero-order valence-corrected chi connectivity index (χ0v) is 8.46. The fourth-order valence-corrected chi connectivity index (χ4v) is 0.843. The van der Waals surface area contributed by atoms with Crippen LogP contribution in [0, 0.1) is 5.92 Å². The monoisotopic (exact) mass is 173 g/mol. The van der Waals surface area contributed by atoms with Gasteiger partial charge in [0.15, 0.2) is 0 Å². The summed E-state index contributed by atoms with van der Waals surface area (Å²) in [6, 6.07) is 0. The van der Waals surface area contributed by atoms with Crippen molar-refractivity contribution in [3.63, 3.8) is 0 Å². The molecule has 0 aromatic rings. The molecule has 0 radical (unpaired) electrons. The lowest BCUT2D eigenvalue weighted by Crippen LogP contribution is -2.28. The number of hydrogen-bond acceptors (Lipinski definition) is 3. The Balaban J connectivity index is 3.45. The first-order valence-electron chi connectivity index (χ1n) is 4.31. The van der Waals surface area contributed by atoms with Crippen molar-refractivity contribution in [2.24, 2.45) is 5.92 Å². The number of ether oxygens (including phenoxy) is 1. The van der Waals surface area contributed by atoms with Gasteiger partial charge in [-0.05, 0) is 25.9 Å². The Labute approximate surface area is 74.7 Å². The number of rotatable bonds is 5. The van der Waals surface area contributed by atoms with E-state index in [9.17, 15) is 4.79 Å². The molecule has 3 heteroatoms. The molecule has 72 valence electrons. The van der Waals surface area contributed by atoms with Crippen molar-refractivity contribution >= 4 is 5.97 Å². The highest BCUT2D eigenvalue weighted by Gasteiger charge is 2.05. The highest BCUT2D eigenvalue weighted by atomic mass is 16.5. The highest BCUT2D eigenvalue weighted by molar-refractivity contribution is 5.71. The van der Waals surface area contributed by atoms with Gasteiger partial charge in [-0.25, -0.2) is 0 Å². The second-order valence-corrected chi connectivity index (χ2v) is 3.50. The largest absolute Gasteiger partial charge is 0.468 e. The Kier molecular flexibility index (Phi) is 5.72. The summed E-state index contributed by atoms with van der Waals surface area (Å²) in [4.78, 5) is 12.8. The summed E-state index contributed by atoms with van der Waals surface area (Å²) in [5.74, 6) is 0.520. The van der Waals surface area contributed by atoms with Gasteiger partial charge >= 0.3 is 5.97 Å². The molecular formula is C9H19NO2. The highest BCUT2D eigenvalue weighted by Crippen LogP contribution is 2.00. The van der Waals surface area contributed by atoms with Gasteiger partial charge in [-0.3, -0.25) is 9.69 Å². The van der Waals surface area contributed by atoms with Crippen molar-refractivity contribution in [2.45, 2.75) is 20.3 Å². The molecule has 0 N–H and O–H groups in total. The van der Waals surface area contributed by atoms with E-state index in [2.05, 4.69) is 18.6 Å². The summed E-state index contributed by atoms with van der Waals surface area (Å²) in [6.45, 7) is 5.69. The zero-order valence-electron chi connectivity index (χ0n) is 8.46. The predicted molar refractivity (Wildman–Crippen MR) is 49.0 cm³/mol. The summed E-state index contributed by atoms with van der Waals surface area (Å²) in [5.41, 5.74) is 0. The van der Waals surface area contributed by atoms with Crippen molar-refractivity contribution in [2.75, 3.05) is 27.2 Å². The van der Waals surface area contributed by atoms with Gasteiger partial charge in [-0.2, -0.15) is 0 Å². The second-order valence-electron chi connectivity index (χ2n) is 3.50. The van der Waals surface area contributed by atoms with Crippen molar-refractivity contribution in [1.29, 1.82) is 0 Å². The van der Waals surface area contributed by atoms with Crippen LogP contribution >= 0.6 is 0 Å². The van der Waals surface area contributed by atoms with E-state index >= 15 is 0 Å². The van der Waals surface area contributed by atoms with E-state index in [1.807, 2.05) is 11.9 Å². The van der Waals surface area contributed by atoms with Gasteiger partial charge in [0.05, 0.1) is 13.7 Å². The van der Waals surface area contributed by atoms with E-state index in [-0.39, 0.29) is 5.97 Å². The predicted octanol–water partition coefficient (Wildman–Crippen LogP) is 1.14. The van der Waals surface area contributed by atoms with Gasteiger partial charge in [0, 0.05) is 0 Å². The van der Waals surface area contributed by atoms with Crippen molar-refractivity contribution < 1.29 is 9.53 Å². The van der Waals surface area contributed by atoms with Gasteiger partial charge in [-0.1, -0.05) is 13.8 Å². The number of carbonyl (C=O) groups is 1. The van der Waals surface area contributed by atoms with Crippen LogP contribution in [0.3, 0.4) is 0 Å². The van der Waals surface area contributed by atoms with E-state index < -0.39 is 0 Å². The maximum absolute atomic E-state index is 10.8. The number of esters is 1. The SMILES string of the molecule is COC(=O)CN(C)CCC(C)C. The summed E-state index contributed by atoms with van der Waals surface area (Å²) >= 11 is 0. The smallest absolute Gasteiger partial charge is 0.319 e. The molecule has 0 saturated heterocycles. The van der Waals surface area contributed by atoms with Crippen LogP contribution < -0.4 is 0 Å². The third kappa shape index (κ3) is 6.16. The minimum Gasteiger partial charge on any atom is -0.468 e. The third-order valence-electron chi connectivity index (χ3n) is 1.71. The molecule has 0 spiro atoms. The Hall–Kier alpha value is -0.570. The van der Waals surface area contributed by atoms with E-state index in [1.54, 1.807) is 0 Å². The quantitative estimate of drug-likeness (QED) is 0.584. The molecule has 0 bridgehead atoms. The van der Waals surface area contributed by atoms with Gasteiger partial charge in [-0.15, -0.1) is 0 Å². The van der Waals surface area contributed by atoms with Crippen LogP contribution in [0.5, 0.6) is 0 Å². The number of hydrogen-bond donors (Lipinski definition) is 0. The molecular weight excluding hydrogens is 154 g/mol. The molecule has 0 fully saturated rings. The van der Waals surface area contributed by atoms with Crippen LogP contribution in [0.25, 0.3) is 0 Å². The lowest BCUT2D eigenvalue weighted by atomic mass is 10.1. The topological polar surface area (TPSA) is 29.5 Å². The number of methoxy groups -OCH3 is 1. The molecule has 0 aliphatic rings. The molecule has 0 saturated carbocycles. The average molecular weight is 173 g/mol. The normalized spacial score (nSPS) is 10.8. The van der Waals surface area contributed by atoms with Gasteiger partial charge in [0.1, 0.15) is 0 Å². The fourth-order valence-electron chi connectivity index (χ4n) is 0.843. The molecule has 12 heavy (non-hydrogen) atoms. The Morgan fingerprint density at radius 2 is 2.08 bits per heavy atom. The second kappa shape index (κ2) is 6.00. The van der Waals surface area contributed by atoms with Crippen LogP contribution in [0.15, 0.2) is 0 Å². The Morgan fingerprint density at radius 3 is 2.50 bits per heavy atom. The molecule has 0 aromatic carbocycles. The van der Waals surface area contributed by atoms with Crippen molar-refractivity contribution in [1.82, 2.24) is 4.90 Å². The molecule has 0 amide bonds. The van der Waals surface area contributed by atoms with Crippen LogP contribution in [0.2, 0.25) is 0 Å². The molecule has 0 rings (SSSR count). The minimum absolute atomic E-state index is 0.166. The number of likely N-dealkylation sites (N-methyl/N-ethyl adjacent to an activating group) is 1. The first-order valence-corrected chi connectivity index (χ1v) is 4.31. The van der Waals surface area contributed by atoms with Crippen LogP contribution in [-0.2, 0) is 9.53 Å². The van der Waals surface area contributed by atoms with E-state index in [0.29, 0.717) is 12.5 Å². The summed E-state index contributed by atoms with van der Waals surface area (Å²) in [5, 5.41) is 0. The molecule has 0 aliphatic carbocycles. The maximum Gasteiger partial charge on any atom is 0.319 e. The van der Waals surface area contributed by atoms with Crippen LogP contribution in [0.1, 0.15) is 20.3 Å². The van der Waals surface area contributed by atoms with Crippen LogP contribution in [0.4, 0.5) is 0 Å². The third-order valence-corrected chi connectivity index (χ3v) is 1.71. The van der Waals surface area contributed by atoms with Gasteiger partial charge < -0.3 is 4.74 Å². The Bertz CT molecular complexity index is 134. The molecule has 0 aromatic heterocycles. The molecule has 0 heterocycles. The fraction of sp³-hybridized carbons (Fsp3) is 0.889. The van der Waals surface area contributed by atoms with E-state index in [1.165, 1.54) is 7.11 Å². The van der Waals surface area contributed by atoms with Gasteiger partial charge in [0.2, 0.25) is 0 Å². The van der Waals surface area contributed by atoms with Crippen molar-refractivity contribution in [3.05, 3.63) is 0 Å². The summed E-state index contributed by atoms with van der Waals surface area (Å²) in [7, 11) is 3.35. The standard InChI is InChI=1S/C9H19NO2/c1-8(2)5-6-10(3)7-9(11)12-4/h8H,5-7H2,1-4H3. The minimum atomic E-state index is -0.166. The lowest BCUT2D eigenvalue weighted by molar-refractivity contribution is -0.141. The van der Waals surface area contributed by atoms with E-state index in [0.717, 1.165) is 13.0 Å². The molecule has 0 aliphatic heterocycles. The number of nitrogens with zero attached hydrogens (tertiary/aromatic N) is 1. The van der Waals surface area contributed by atoms with Crippen LogP contribution in [-0.4, -0.2) is 38.1 Å². The van der Waals surface area contributed by atoms with Gasteiger partial charge in [0.25, 0.3) is 0 Å². The zero-order chi connectivity index (χ0) is 9.56.